The zero-order valence-corrected chi connectivity index (χ0v) is 10.6. The van der Waals surface area contributed by atoms with Crippen molar-refractivity contribution in [2.45, 2.75) is 25.7 Å². The molecular formula is C12H17NO2S. The minimum atomic E-state index is -0.771. The summed E-state index contributed by atoms with van der Waals surface area (Å²) < 4.78 is 0. The lowest BCUT2D eigenvalue weighted by Gasteiger charge is -2.18. The molecular weight excluding hydrogens is 222 g/mol. The molecule has 1 aromatic carbocycles. The fourth-order valence-electron chi connectivity index (χ4n) is 1.06. The molecule has 0 aliphatic rings. The maximum atomic E-state index is 10.9. The summed E-state index contributed by atoms with van der Waals surface area (Å²) in [5.74, 6) is -0.224. The molecule has 3 N–H and O–H groups in total. The van der Waals surface area contributed by atoms with Gasteiger partial charge < -0.3 is 10.8 Å². The Labute approximate surface area is 100 Å². The van der Waals surface area contributed by atoms with Crippen LogP contribution in [0.15, 0.2) is 23.1 Å². The molecule has 0 spiro atoms. The summed E-state index contributed by atoms with van der Waals surface area (Å²) in [6.45, 7) is 5.40. The standard InChI is InChI=1S/C12H17NO2S/c1-8-6-9(4-5-10(8)13)16-7-12(2,3)11(14)15/h4-6H,7,13H2,1-3H3,(H,14,15). The molecule has 0 aliphatic carbocycles. The van der Waals surface area contributed by atoms with E-state index in [1.807, 2.05) is 25.1 Å². The molecule has 0 unspecified atom stereocenters. The van der Waals surface area contributed by atoms with E-state index in [9.17, 15) is 4.79 Å². The van der Waals surface area contributed by atoms with Crippen LogP contribution in [-0.2, 0) is 4.79 Å². The second-order valence-electron chi connectivity index (χ2n) is 4.50. The van der Waals surface area contributed by atoms with Gasteiger partial charge in [0.15, 0.2) is 0 Å². The molecule has 0 heterocycles. The van der Waals surface area contributed by atoms with Gasteiger partial charge in [-0.2, -0.15) is 0 Å². The molecule has 0 aromatic heterocycles. The van der Waals surface area contributed by atoms with E-state index in [0.717, 1.165) is 16.1 Å². The van der Waals surface area contributed by atoms with E-state index >= 15 is 0 Å². The van der Waals surface area contributed by atoms with Crippen LogP contribution in [-0.4, -0.2) is 16.8 Å². The van der Waals surface area contributed by atoms with Crippen molar-refractivity contribution in [1.29, 1.82) is 0 Å². The number of carboxylic acid groups (broad SMARTS) is 1. The smallest absolute Gasteiger partial charge is 0.309 e. The highest BCUT2D eigenvalue weighted by atomic mass is 32.2. The number of aryl methyl sites for hydroxylation is 1. The first kappa shape index (κ1) is 12.9. The highest BCUT2D eigenvalue weighted by Gasteiger charge is 2.27. The molecule has 0 saturated carbocycles. The summed E-state index contributed by atoms with van der Waals surface area (Å²) in [6.07, 6.45) is 0. The predicted octanol–water partition coefficient (Wildman–Crippen LogP) is 2.78. The zero-order chi connectivity index (χ0) is 12.3. The van der Waals surface area contributed by atoms with Crippen LogP contribution < -0.4 is 5.73 Å². The second-order valence-corrected chi connectivity index (χ2v) is 5.54. The van der Waals surface area contributed by atoms with Crippen LogP contribution >= 0.6 is 11.8 Å². The SMILES string of the molecule is Cc1cc(SCC(C)(C)C(=O)O)ccc1N. The van der Waals surface area contributed by atoms with Crippen molar-refractivity contribution in [2.24, 2.45) is 5.41 Å². The highest BCUT2D eigenvalue weighted by molar-refractivity contribution is 7.99. The first-order valence-corrected chi connectivity index (χ1v) is 6.04. The van der Waals surface area contributed by atoms with Crippen molar-refractivity contribution < 1.29 is 9.90 Å². The van der Waals surface area contributed by atoms with Gasteiger partial charge in [0, 0.05) is 16.3 Å². The Hall–Kier alpha value is -1.16. The molecule has 0 atom stereocenters. The maximum absolute atomic E-state index is 10.9. The first-order chi connectivity index (χ1) is 7.33. The summed E-state index contributed by atoms with van der Waals surface area (Å²) in [5.41, 5.74) is 6.80. The molecule has 0 saturated heterocycles. The molecule has 0 aliphatic heterocycles. The number of carbonyl (C=O) groups is 1. The van der Waals surface area contributed by atoms with Crippen molar-refractivity contribution in [3.05, 3.63) is 23.8 Å². The molecule has 0 bridgehead atoms. The fraction of sp³-hybridized carbons (Fsp3) is 0.417. The maximum Gasteiger partial charge on any atom is 0.309 e. The average molecular weight is 239 g/mol. The van der Waals surface area contributed by atoms with E-state index in [1.54, 1.807) is 25.6 Å². The van der Waals surface area contributed by atoms with Crippen LogP contribution in [0.25, 0.3) is 0 Å². The second kappa shape index (κ2) is 4.78. The summed E-state index contributed by atoms with van der Waals surface area (Å²) >= 11 is 1.54. The summed E-state index contributed by atoms with van der Waals surface area (Å²) in [5, 5.41) is 8.98. The number of aliphatic carboxylic acids is 1. The number of nitrogen functional groups attached to an aromatic ring is 1. The molecule has 0 fully saturated rings. The van der Waals surface area contributed by atoms with Crippen LogP contribution in [0, 0.1) is 12.3 Å². The monoisotopic (exact) mass is 239 g/mol. The van der Waals surface area contributed by atoms with Crippen molar-refractivity contribution in [3.63, 3.8) is 0 Å². The number of anilines is 1. The van der Waals surface area contributed by atoms with Gasteiger partial charge >= 0.3 is 5.97 Å². The number of benzene rings is 1. The third kappa shape index (κ3) is 3.17. The number of hydrogen-bond donors (Lipinski definition) is 2. The number of hydrogen-bond acceptors (Lipinski definition) is 3. The van der Waals surface area contributed by atoms with Gasteiger partial charge in [-0.3, -0.25) is 4.79 Å². The van der Waals surface area contributed by atoms with E-state index in [0.29, 0.717) is 5.75 Å². The first-order valence-electron chi connectivity index (χ1n) is 5.05. The number of nitrogens with two attached hydrogens (primary N) is 1. The number of carboxylic acids is 1. The summed E-state index contributed by atoms with van der Waals surface area (Å²) in [6, 6.07) is 5.76. The predicted molar refractivity (Wildman–Crippen MR) is 67.7 cm³/mol. The van der Waals surface area contributed by atoms with Crippen LogP contribution in [0.1, 0.15) is 19.4 Å². The number of thioether (sulfide) groups is 1. The fourth-order valence-corrected chi connectivity index (χ4v) is 2.14. The van der Waals surface area contributed by atoms with Crippen LogP contribution in [0.4, 0.5) is 5.69 Å². The van der Waals surface area contributed by atoms with Crippen LogP contribution in [0.2, 0.25) is 0 Å². The topological polar surface area (TPSA) is 63.3 Å². The van der Waals surface area contributed by atoms with Crippen molar-refractivity contribution in [1.82, 2.24) is 0 Å². The lowest BCUT2D eigenvalue weighted by atomic mass is 9.97. The Morgan fingerprint density at radius 2 is 2.12 bits per heavy atom. The molecule has 16 heavy (non-hydrogen) atoms. The van der Waals surface area contributed by atoms with Crippen LogP contribution in [0.3, 0.4) is 0 Å². The Kier molecular flexibility index (Phi) is 3.86. The molecule has 88 valence electrons. The summed E-state index contributed by atoms with van der Waals surface area (Å²) in [7, 11) is 0. The van der Waals surface area contributed by atoms with Gasteiger partial charge in [0.25, 0.3) is 0 Å². The van der Waals surface area contributed by atoms with Crippen LogP contribution in [0.5, 0.6) is 0 Å². The van der Waals surface area contributed by atoms with E-state index < -0.39 is 11.4 Å². The van der Waals surface area contributed by atoms with E-state index in [4.69, 9.17) is 10.8 Å². The van der Waals surface area contributed by atoms with Crippen molar-refractivity contribution in [2.75, 3.05) is 11.5 Å². The molecule has 0 amide bonds. The Balaban J connectivity index is 2.68. The highest BCUT2D eigenvalue weighted by Crippen LogP contribution is 2.29. The van der Waals surface area contributed by atoms with Gasteiger partial charge in [-0.1, -0.05) is 0 Å². The summed E-state index contributed by atoms with van der Waals surface area (Å²) in [4.78, 5) is 12.0. The van der Waals surface area contributed by atoms with Crippen molar-refractivity contribution in [3.8, 4) is 0 Å². The van der Waals surface area contributed by atoms with E-state index in [1.165, 1.54) is 0 Å². The van der Waals surface area contributed by atoms with Gasteiger partial charge in [0.05, 0.1) is 5.41 Å². The van der Waals surface area contributed by atoms with Gasteiger partial charge in [0.2, 0.25) is 0 Å². The Morgan fingerprint density at radius 3 is 2.62 bits per heavy atom. The van der Waals surface area contributed by atoms with Crippen molar-refractivity contribution >= 4 is 23.4 Å². The molecule has 1 rings (SSSR count). The third-order valence-electron chi connectivity index (χ3n) is 2.42. The zero-order valence-electron chi connectivity index (χ0n) is 9.78. The third-order valence-corrected chi connectivity index (χ3v) is 3.87. The minimum absolute atomic E-state index is 0.547. The van der Waals surface area contributed by atoms with E-state index in [2.05, 4.69) is 0 Å². The average Bonchev–Trinajstić information content (AvgIpc) is 2.20. The van der Waals surface area contributed by atoms with Gasteiger partial charge in [-0.25, -0.2) is 0 Å². The lowest BCUT2D eigenvalue weighted by molar-refractivity contribution is -0.145. The van der Waals surface area contributed by atoms with Gasteiger partial charge in [-0.05, 0) is 44.5 Å². The number of rotatable bonds is 4. The largest absolute Gasteiger partial charge is 0.481 e. The van der Waals surface area contributed by atoms with Gasteiger partial charge in [0.1, 0.15) is 0 Å². The lowest BCUT2D eigenvalue weighted by Crippen LogP contribution is -2.26. The Bertz CT molecular complexity index is 402. The molecule has 4 heteroatoms. The minimum Gasteiger partial charge on any atom is -0.481 e. The quantitative estimate of drug-likeness (QED) is 0.626. The molecule has 1 aromatic rings. The van der Waals surface area contributed by atoms with Gasteiger partial charge in [-0.15, -0.1) is 11.8 Å². The normalized spacial score (nSPS) is 11.4. The Morgan fingerprint density at radius 1 is 1.50 bits per heavy atom. The molecule has 0 radical (unpaired) electrons. The van der Waals surface area contributed by atoms with E-state index in [-0.39, 0.29) is 0 Å². The molecule has 3 nitrogen and oxygen atoms in total.